The van der Waals surface area contributed by atoms with Crippen molar-refractivity contribution in [2.75, 3.05) is 11.5 Å². The van der Waals surface area contributed by atoms with E-state index in [0.717, 1.165) is 36.2 Å². The number of azo groups is 1. The number of nitrogens with zero attached hydrogens (tertiary/aromatic N) is 7. The minimum absolute atomic E-state index is 0.271. The second-order valence-corrected chi connectivity index (χ2v) is 9.45. The lowest BCUT2D eigenvalue weighted by Gasteiger charge is -2.31. The van der Waals surface area contributed by atoms with E-state index in [1.54, 1.807) is 18.6 Å². The minimum atomic E-state index is 0.271. The average Bonchev–Trinajstić information content (AvgIpc) is 3.36. The Morgan fingerprint density at radius 2 is 1.69 bits per heavy atom. The van der Waals surface area contributed by atoms with Crippen LogP contribution in [-0.2, 0) is 6.54 Å². The Labute approximate surface area is 229 Å². The average molecular weight is 520 g/mol. The largest absolute Gasteiger partial charge is 0.476 e. The number of para-hydroxylation sites is 1. The number of hydrogen-bond acceptors (Lipinski definition) is 7. The molecule has 2 aromatic heterocycles. The Morgan fingerprint density at radius 3 is 2.41 bits per heavy atom. The van der Waals surface area contributed by atoms with Crippen LogP contribution in [0, 0.1) is 5.92 Å². The first-order chi connectivity index (χ1) is 19.2. The van der Waals surface area contributed by atoms with E-state index in [-0.39, 0.29) is 5.95 Å². The van der Waals surface area contributed by atoms with E-state index in [0.29, 0.717) is 30.6 Å². The maximum absolute atomic E-state index is 6.07. The molecule has 0 N–H and O–H groups in total. The topological polar surface area (TPSA) is 80.8 Å². The molecule has 4 aromatic rings. The van der Waals surface area contributed by atoms with Crippen molar-refractivity contribution >= 4 is 23.0 Å². The van der Waals surface area contributed by atoms with Gasteiger partial charge < -0.3 is 9.64 Å². The van der Waals surface area contributed by atoms with Gasteiger partial charge in [-0.15, -0.1) is 10.2 Å². The van der Waals surface area contributed by atoms with E-state index in [4.69, 9.17) is 4.74 Å². The van der Waals surface area contributed by atoms with Crippen LogP contribution >= 0.6 is 0 Å². The molecule has 39 heavy (non-hydrogen) atoms. The van der Waals surface area contributed by atoms with Crippen LogP contribution in [0.2, 0.25) is 0 Å². The van der Waals surface area contributed by atoms with Crippen molar-refractivity contribution in [2.45, 2.75) is 39.7 Å². The third-order valence-electron chi connectivity index (χ3n) is 6.48. The quantitative estimate of drug-likeness (QED) is 0.148. The van der Waals surface area contributed by atoms with Crippen LogP contribution < -0.4 is 9.64 Å². The molecule has 1 unspecified atom stereocenters. The van der Waals surface area contributed by atoms with Gasteiger partial charge >= 0.3 is 0 Å². The van der Waals surface area contributed by atoms with E-state index in [1.165, 1.54) is 5.70 Å². The van der Waals surface area contributed by atoms with Gasteiger partial charge in [-0.3, -0.25) is 0 Å². The smallest absolute Gasteiger partial charge is 0.268 e. The van der Waals surface area contributed by atoms with Crippen molar-refractivity contribution in [2.24, 2.45) is 16.1 Å². The Hall–Kier alpha value is -4.59. The van der Waals surface area contributed by atoms with Crippen LogP contribution in [-0.4, -0.2) is 26.4 Å². The van der Waals surface area contributed by atoms with E-state index in [1.807, 2.05) is 41.1 Å². The highest BCUT2D eigenvalue weighted by Gasteiger charge is 2.21. The summed E-state index contributed by atoms with van der Waals surface area (Å²) in [6, 6.07) is 20.4. The van der Waals surface area contributed by atoms with E-state index in [2.05, 4.69) is 86.5 Å². The summed E-state index contributed by atoms with van der Waals surface area (Å²) < 4.78 is 7.89. The summed E-state index contributed by atoms with van der Waals surface area (Å²) in [5.74, 6) is 1.23. The van der Waals surface area contributed by atoms with Gasteiger partial charge in [-0.1, -0.05) is 81.0 Å². The number of hydrogen-bond donors (Lipinski definition) is 0. The van der Waals surface area contributed by atoms with Gasteiger partial charge in [0, 0.05) is 17.3 Å². The van der Waals surface area contributed by atoms with Crippen molar-refractivity contribution in [1.29, 1.82) is 0 Å². The van der Waals surface area contributed by atoms with Crippen molar-refractivity contribution in [3.8, 4) is 5.88 Å². The van der Waals surface area contributed by atoms with E-state index >= 15 is 0 Å². The first-order valence-electron chi connectivity index (χ1n) is 13.4. The molecule has 0 radical (unpaired) electrons. The normalized spacial score (nSPS) is 14.9. The number of anilines is 2. The first kappa shape index (κ1) is 26.0. The second-order valence-electron chi connectivity index (χ2n) is 9.45. The Balaban J connectivity index is 1.38. The molecular weight excluding hydrogens is 486 g/mol. The molecule has 2 heterocycles. The van der Waals surface area contributed by atoms with Crippen molar-refractivity contribution in [1.82, 2.24) is 19.7 Å². The molecule has 8 nitrogen and oxygen atoms in total. The third-order valence-corrected chi connectivity index (χ3v) is 6.48. The molecule has 0 bridgehead atoms. The monoisotopic (exact) mass is 519 g/mol. The number of rotatable bonds is 11. The van der Waals surface area contributed by atoms with Crippen molar-refractivity contribution < 1.29 is 4.74 Å². The molecule has 1 atom stereocenters. The van der Waals surface area contributed by atoms with Gasteiger partial charge in [0.25, 0.3) is 5.95 Å². The van der Waals surface area contributed by atoms with Gasteiger partial charge in [0.2, 0.25) is 5.88 Å². The molecule has 8 heteroatoms. The lowest BCUT2D eigenvalue weighted by Crippen LogP contribution is -2.22. The fourth-order valence-electron chi connectivity index (χ4n) is 4.40. The molecule has 1 aliphatic carbocycles. The molecule has 2 aromatic carbocycles. The lowest BCUT2D eigenvalue weighted by molar-refractivity contribution is 0.281. The molecule has 5 rings (SSSR count). The summed E-state index contributed by atoms with van der Waals surface area (Å²) in [5, 5.41) is 13.2. The zero-order valence-electron chi connectivity index (χ0n) is 22.4. The summed E-state index contributed by atoms with van der Waals surface area (Å²) in [6.45, 7) is 5.53. The Kier molecular flexibility index (Phi) is 8.53. The second kappa shape index (κ2) is 12.8. The first-order valence-corrected chi connectivity index (χ1v) is 13.4. The molecule has 0 aliphatic heterocycles. The van der Waals surface area contributed by atoms with Crippen molar-refractivity contribution in [3.63, 3.8) is 0 Å². The zero-order valence-corrected chi connectivity index (χ0v) is 22.4. The van der Waals surface area contributed by atoms with Gasteiger partial charge in [-0.05, 0) is 36.6 Å². The fourth-order valence-corrected chi connectivity index (χ4v) is 4.40. The van der Waals surface area contributed by atoms with Crippen LogP contribution in [0.3, 0.4) is 0 Å². The highest BCUT2D eigenvalue weighted by molar-refractivity contribution is 5.68. The summed E-state index contributed by atoms with van der Waals surface area (Å²) in [7, 11) is 0. The summed E-state index contributed by atoms with van der Waals surface area (Å²) >= 11 is 0. The number of benzene rings is 2. The number of unbranched alkanes of at least 4 members (excludes halogenated alkanes) is 1. The molecule has 1 aliphatic rings. The number of allylic oxidation sites excluding steroid dienone is 4. The summed E-state index contributed by atoms with van der Waals surface area (Å²) in [6.07, 6.45) is 14.7. The maximum Gasteiger partial charge on any atom is 0.268 e. The molecule has 0 amide bonds. The fraction of sp³-hybridized carbons (Fsp3) is 0.258. The van der Waals surface area contributed by atoms with Crippen LogP contribution in [0.1, 0.15) is 38.7 Å². The number of ether oxygens (including phenoxy) is 1. The highest BCUT2D eigenvalue weighted by Crippen LogP contribution is 2.35. The molecule has 198 valence electrons. The molecule has 0 saturated heterocycles. The third kappa shape index (κ3) is 6.46. The van der Waals surface area contributed by atoms with Crippen LogP contribution in [0.4, 0.5) is 23.0 Å². The predicted octanol–water partition coefficient (Wildman–Crippen LogP) is 7.93. The molecule has 0 fully saturated rings. The SMILES string of the molecule is CCCCOc1c(N=Nc2ncc(N(C3=CC=CCC3C)c3ccccc3)cn2)cnn1Cc1ccccc1. The number of aromatic nitrogens is 4. The highest BCUT2D eigenvalue weighted by atomic mass is 16.5. The van der Waals surface area contributed by atoms with Gasteiger partial charge in [-0.25, -0.2) is 14.6 Å². The van der Waals surface area contributed by atoms with Gasteiger partial charge in [0.15, 0.2) is 5.69 Å². The van der Waals surface area contributed by atoms with Crippen LogP contribution in [0.25, 0.3) is 0 Å². The predicted molar refractivity (Wildman–Crippen MR) is 154 cm³/mol. The van der Waals surface area contributed by atoms with Crippen LogP contribution in [0.15, 0.2) is 113 Å². The molecule has 0 spiro atoms. The minimum Gasteiger partial charge on any atom is -0.476 e. The van der Waals surface area contributed by atoms with Gasteiger partial charge in [-0.2, -0.15) is 5.10 Å². The van der Waals surface area contributed by atoms with Gasteiger partial charge in [0.1, 0.15) is 0 Å². The Bertz CT molecular complexity index is 1430. The molecular formula is C31H33N7O. The molecule has 0 saturated carbocycles. The van der Waals surface area contributed by atoms with Gasteiger partial charge in [0.05, 0.1) is 37.4 Å². The summed E-state index contributed by atoms with van der Waals surface area (Å²) in [4.78, 5) is 11.2. The Morgan fingerprint density at radius 1 is 0.949 bits per heavy atom. The van der Waals surface area contributed by atoms with E-state index in [9.17, 15) is 0 Å². The maximum atomic E-state index is 6.07. The van der Waals surface area contributed by atoms with E-state index < -0.39 is 0 Å². The lowest BCUT2D eigenvalue weighted by atomic mass is 9.97. The summed E-state index contributed by atoms with van der Waals surface area (Å²) in [5.41, 5.74) is 4.80. The standard InChI is InChI=1S/C31H33N7O/c1-3-4-19-39-30-28(22-34-37(30)23-25-14-7-5-8-15-25)35-36-31-32-20-27(21-33-31)38(26-16-9-6-10-17-26)29-18-12-11-13-24(29)2/h5-12,14-18,20-22,24H,3-4,13,19,23H2,1-2H3. The van der Waals surface area contributed by atoms with Crippen molar-refractivity contribution in [3.05, 3.63) is 109 Å². The van der Waals surface area contributed by atoms with Crippen LogP contribution in [0.5, 0.6) is 5.88 Å². The zero-order chi connectivity index (χ0) is 26.9.